The van der Waals surface area contributed by atoms with Gasteiger partial charge in [0.05, 0.1) is 23.4 Å². The van der Waals surface area contributed by atoms with Crippen molar-refractivity contribution in [1.82, 2.24) is 14.5 Å². The maximum atomic E-state index is 13.0. The van der Waals surface area contributed by atoms with Gasteiger partial charge in [0.1, 0.15) is 17.6 Å². The second-order valence-corrected chi connectivity index (χ2v) is 12.1. The fourth-order valence-corrected chi connectivity index (χ4v) is 5.80. The highest BCUT2D eigenvalue weighted by Crippen LogP contribution is 2.51. The van der Waals surface area contributed by atoms with Crippen molar-refractivity contribution in [2.45, 2.75) is 72.1 Å². The molecule has 0 unspecified atom stereocenters. The lowest BCUT2D eigenvalue weighted by molar-refractivity contribution is -0.177. The van der Waals surface area contributed by atoms with Gasteiger partial charge in [-0.3, -0.25) is 9.59 Å². The Kier molecular flexibility index (Phi) is 7.64. The average Bonchev–Trinajstić information content (AvgIpc) is 3.47. The SMILES string of the molecule is CC(C)C(=O)O[C@H]1[C@H](n2ccc3c(N)ccnc32)C[C@](C)(CCc2ccc3ccc(N)nc3c2)[C@H]1OC(=O)C(C)C. The number of benzene rings is 1. The first-order chi connectivity index (χ1) is 19.5. The van der Waals surface area contributed by atoms with Crippen LogP contribution in [0.5, 0.6) is 0 Å². The standard InChI is InChI=1S/C32H39N5O4/c1-18(2)30(38)40-27-25(37-15-12-22-23(33)11-14-35-29(22)37)17-32(5,28(27)41-31(39)19(3)4)13-10-20-6-7-21-8-9-26(34)36-24(21)16-20/h6-9,11-12,14-16,18-19,25,27-28H,10,13,17H2,1-5H3,(H2,33,35)(H2,34,36)/t25-,27+,28+,32+/m1/s1. The lowest BCUT2D eigenvalue weighted by atomic mass is 9.80. The van der Waals surface area contributed by atoms with Crippen LogP contribution in [-0.2, 0) is 25.5 Å². The number of aromatic nitrogens is 3. The number of carbonyl (C=O) groups excluding carboxylic acids is 2. The topological polar surface area (TPSA) is 135 Å². The van der Waals surface area contributed by atoms with Crippen LogP contribution in [0, 0.1) is 17.3 Å². The zero-order valence-electron chi connectivity index (χ0n) is 24.3. The molecule has 0 radical (unpaired) electrons. The Morgan fingerprint density at radius 1 is 1.02 bits per heavy atom. The van der Waals surface area contributed by atoms with E-state index in [1.54, 1.807) is 46.0 Å². The van der Waals surface area contributed by atoms with Crippen LogP contribution in [-0.4, -0.2) is 38.7 Å². The monoisotopic (exact) mass is 557 g/mol. The third-order valence-electron chi connectivity index (χ3n) is 8.25. The molecule has 1 aromatic carbocycles. The molecular formula is C32H39N5O4. The predicted octanol–water partition coefficient (Wildman–Crippen LogP) is 5.47. The summed E-state index contributed by atoms with van der Waals surface area (Å²) in [4.78, 5) is 35.1. The Hall–Kier alpha value is -4.14. The number of anilines is 2. The average molecular weight is 558 g/mol. The van der Waals surface area contributed by atoms with E-state index in [0.29, 0.717) is 36.4 Å². The maximum Gasteiger partial charge on any atom is 0.308 e. The number of ether oxygens (including phenoxy) is 2. The second kappa shape index (κ2) is 11.0. The third-order valence-corrected chi connectivity index (χ3v) is 8.25. The number of rotatable bonds is 8. The van der Waals surface area contributed by atoms with Gasteiger partial charge in [-0.05, 0) is 55.2 Å². The first-order valence-electron chi connectivity index (χ1n) is 14.2. The molecule has 4 atom stereocenters. The van der Waals surface area contributed by atoms with Gasteiger partial charge in [-0.25, -0.2) is 9.97 Å². The van der Waals surface area contributed by atoms with Crippen molar-refractivity contribution in [3.8, 4) is 0 Å². The molecule has 1 fully saturated rings. The second-order valence-electron chi connectivity index (χ2n) is 12.1. The molecule has 1 aliphatic carbocycles. The molecule has 1 saturated carbocycles. The predicted molar refractivity (Wildman–Crippen MR) is 160 cm³/mol. The highest BCUT2D eigenvalue weighted by atomic mass is 16.6. The minimum atomic E-state index is -0.700. The Labute approximate surface area is 240 Å². The summed E-state index contributed by atoms with van der Waals surface area (Å²) >= 11 is 0. The quantitative estimate of drug-likeness (QED) is 0.272. The normalized spacial score (nSPS) is 22.6. The van der Waals surface area contributed by atoms with Crippen molar-refractivity contribution < 1.29 is 19.1 Å². The van der Waals surface area contributed by atoms with Crippen LogP contribution in [0.4, 0.5) is 11.5 Å². The molecule has 41 heavy (non-hydrogen) atoms. The summed E-state index contributed by atoms with van der Waals surface area (Å²) in [6, 6.07) is 13.3. The van der Waals surface area contributed by atoms with Gasteiger partial charge in [0.2, 0.25) is 0 Å². The number of hydrogen-bond acceptors (Lipinski definition) is 8. The minimum absolute atomic E-state index is 0.308. The molecule has 216 valence electrons. The van der Waals surface area contributed by atoms with E-state index >= 15 is 0 Å². The van der Waals surface area contributed by atoms with Crippen LogP contribution in [0.2, 0.25) is 0 Å². The van der Waals surface area contributed by atoms with E-state index in [9.17, 15) is 9.59 Å². The van der Waals surface area contributed by atoms with E-state index < -0.39 is 17.6 Å². The van der Waals surface area contributed by atoms with Crippen LogP contribution in [0.1, 0.15) is 59.1 Å². The molecule has 0 aliphatic heterocycles. The Bertz CT molecular complexity index is 1600. The maximum absolute atomic E-state index is 13.0. The molecule has 4 N–H and O–H groups in total. The molecule has 0 saturated heterocycles. The summed E-state index contributed by atoms with van der Waals surface area (Å²) < 4.78 is 14.4. The van der Waals surface area contributed by atoms with Crippen LogP contribution < -0.4 is 11.5 Å². The lowest BCUT2D eigenvalue weighted by Crippen LogP contribution is -2.43. The smallest absolute Gasteiger partial charge is 0.308 e. The Morgan fingerprint density at radius 2 is 1.73 bits per heavy atom. The number of nitrogens with zero attached hydrogens (tertiary/aromatic N) is 3. The molecule has 9 nitrogen and oxygen atoms in total. The number of carbonyl (C=O) groups is 2. The van der Waals surface area contributed by atoms with Gasteiger partial charge in [0.15, 0.2) is 6.10 Å². The fourth-order valence-electron chi connectivity index (χ4n) is 5.80. The Balaban J connectivity index is 1.54. The molecule has 0 bridgehead atoms. The van der Waals surface area contributed by atoms with Gasteiger partial charge in [-0.1, -0.05) is 46.8 Å². The molecule has 0 amide bonds. The summed E-state index contributed by atoms with van der Waals surface area (Å²) in [5, 5.41) is 1.85. The molecule has 3 heterocycles. The van der Waals surface area contributed by atoms with Crippen molar-refractivity contribution in [3.05, 3.63) is 60.4 Å². The van der Waals surface area contributed by atoms with Crippen LogP contribution in [0.25, 0.3) is 21.9 Å². The Morgan fingerprint density at radius 3 is 2.46 bits per heavy atom. The number of nitrogens with two attached hydrogens (primary N) is 2. The van der Waals surface area contributed by atoms with E-state index in [-0.39, 0.29) is 29.8 Å². The summed E-state index contributed by atoms with van der Waals surface area (Å²) in [6.45, 7) is 9.33. The van der Waals surface area contributed by atoms with E-state index in [4.69, 9.17) is 20.9 Å². The van der Waals surface area contributed by atoms with Crippen LogP contribution in [0.3, 0.4) is 0 Å². The van der Waals surface area contributed by atoms with Crippen molar-refractivity contribution in [3.63, 3.8) is 0 Å². The first-order valence-corrected chi connectivity index (χ1v) is 14.2. The molecule has 0 spiro atoms. The third kappa shape index (κ3) is 5.58. The van der Waals surface area contributed by atoms with Crippen LogP contribution >= 0.6 is 0 Å². The lowest BCUT2D eigenvalue weighted by Gasteiger charge is -2.34. The molecule has 4 aromatic rings. The van der Waals surface area contributed by atoms with E-state index in [1.165, 1.54) is 0 Å². The zero-order valence-corrected chi connectivity index (χ0v) is 24.3. The van der Waals surface area contributed by atoms with Crippen molar-refractivity contribution in [1.29, 1.82) is 0 Å². The number of aryl methyl sites for hydroxylation is 1. The van der Waals surface area contributed by atoms with Gasteiger partial charge >= 0.3 is 11.9 Å². The summed E-state index contributed by atoms with van der Waals surface area (Å²) in [5.74, 6) is -0.846. The van der Waals surface area contributed by atoms with Gasteiger partial charge in [-0.15, -0.1) is 0 Å². The summed E-state index contributed by atoms with van der Waals surface area (Å²) in [5.41, 5.74) is 14.9. The molecular weight excluding hydrogens is 518 g/mol. The minimum Gasteiger partial charge on any atom is -0.458 e. The van der Waals surface area contributed by atoms with Gasteiger partial charge in [0.25, 0.3) is 0 Å². The molecule has 3 aromatic heterocycles. The zero-order chi connectivity index (χ0) is 29.5. The number of pyridine rings is 2. The van der Waals surface area contributed by atoms with E-state index in [0.717, 1.165) is 21.9 Å². The number of esters is 2. The fraction of sp³-hybridized carbons (Fsp3) is 0.438. The molecule has 1 aliphatic rings. The molecule has 5 rings (SSSR count). The summed E-state index contributed by atoms with van der Waals surface area (Å²) in [6.07, 6.45) is 4.27. The first kappa shape index (κ1) is 28.4. The van der Waals surface area contributed by atoms with Crippen molar-refractivity contribution >= 4 is 45.4 Å². The number of nitrogen functional groups attached to an aromatic ring is 2. The number of fused-ring (bicyclic) bond motifs is 2. The summed E-state index contributed by atoms with van der Waals surface area (Å²) in [7, 11) is 0. The number of hydrogen-bond donors (Lipinski definition) is 2. The molecule has 9 heteroatoms. The van der Waals surface area contributed by atoms with Gasteiger partial charge < -0.3 is 25.5 Å². The van der Waals surface area contributed by atoms with Gasteiger partial charge in [-0.2, -0.15) is 0 Å². The van der Waals surface area contributed by atoms with E-state index in [1.807, 2.05) is 29.0 Å². The van der Waals surface area contributed by atoms with Crippen LogP contribution in [0.15, 0.2) is 54.9 Å². The van der Waals surface area contributed by atoms with Gasteiger partial charge in [0, 0.05) is 34.3 Å². The van der Waals surface area contributed by atoms with Crippen molar-refractivity contribution in [2.24, 2.45) is 17.3 Å². The van der Waals surface area contributed by atoms with Crippen molar-refractivity contribution in [2.75, 3.05) is 11.5 Å². The highest BCUT2D eigenvalue weighted by molar-refractivity contribution is 5.88. The highest BCUT2D eigenvalue weighted by Gasteiger charge is 2.56. The van der Waals surface area contributed by atoms with E-state index in [2.05, 4.69) is 29.0 Å². The largest absolute Gasteiger partial charge is 0.458 e.